The van der Waals surface area contributed by atoms with Crippen LogP contribution in [0.1, 0.15) is 34.6 Å². The van der Waals surface area contributed by atoms with Crippen molar-refractivity contribution in [3.63, 3.8) is 0 Å². The van der Waals surface area contributed by atoms with Crippen LogP contribution in [0.5, 0.6) is 0 Å². The minimum Gasteiger partial charge on any atom is -0.325 e. The lowest BCUT2D eigenvalue weighted by Gasteiger charge is -2.10. The number of aromatic nitrogens is 4. The van der Waals surface area contributed by atoms with Crippen molar-refractivity contribution in [2.75, 3.05) is 5.32 Å². The average Bonchev–Trinajstić information content (AvgIpc) is 2.76. The molecule has 2 heterocycles. The Labute approximate surface area is 133 Å². The summed E-state index contributed by atoms with van der Waals surface area (Å²) in [6, 6.07) is 1.90. The predicted octanol–water partition coefficient (Wildman–Crippen LogP) is 0.872. The van der Waals surface area contributed by atoms with Crippen LogP contribution in [0.4, 0.5) is 5.95 Å². The summed E-state index contributed by atoms with van der Waals surface area (Å²) in [5, 5.41) is 15.8. The number of rotatable bonds is 4. The van der Waals surface area contributed by atoms with Gasteiger partial charge in [-0.1, -0.05) is 0 Å². The molecule has 8 heteroatoms. The molecule has 23 heavy (non-hydrogen) atoms. The first-order valence-corrected chi connectivity index (χ1v) is 7.13. The van der Waals surface area contributed by atoms with Gasteiger partial charge in [-0.3, -0.25) is 14.9 Å². The molecule has 0 bridgehead atoms. The molecule has 0 saturated carbocycles. The molecule has 1 amide bonds. The van der Waals surface area contributed by atoms with Crippen molar-refractivity contribution < 1.29 is 4.79 Å². The van der Waals surface area contributed by atoms with Gasteiger partial charge in [0.05, 0.1) is 0 Å². The number of anilines is 1. The fraction of sp³-hybridized carbons (Fsp3) is 0.400. The summed E-state index contributed by atoms with van der Waals surface area (Å²) in [7, 11) is 1.70. The molecule has 2 rings (SSSR count). The van der Waals surface area contributed by atoms with Crippen LogP contribution < -0.4 is 10.9 Å². The van der Waals surface area contributed by atoms with Crippen LogP contribution in [-0.2, 0) is 18.3 Å². The van der Waals surface area contributed by atoms with Gasteiger partial charge in [-0.05, 0) is 38.3 Å². The molecule has 2 aromatic rings. The Balaban J connectivity index is 2.12. The lowest BCUT2D eigenvalue weighted by atomic mass is 9.99. The molecular formula is C15H18N6O2. The summed E-state index contributed by atoms with van der Waals surface area (Å²) < 4.78 is 1.50. The fourth-order valence-electron chi connectivity index (χ4n) is 2.47. The highest BCUT2D eigenvalue weighted by Gasteiger charge is 2.14. The van der Waals surface area contributed by atoms with Gasteiger partial charge < -0.3 is 4.98 Å². The van der Waals surface area contributed by atoms with E-state index in [4.69, 9.17) is 5.26 Å². The first kappa shape index (κ1) is 16.4. The maximum atomic E-state index is 12.1. The Kier molecular flexibility index (Phi) is 4.60. The molecule has 0 aliphatic carbocycles. The van der Waals surface area contributed by atoms with Crippen molar-refractivity contribution in [3.05, 3.63) is 38.6 Å². The topological polar surface area (TPSA) is 116 Å². The molecule has 0 spiro atoms. The number of nitrogens with zero attached hydrogens (tertiary/aromatic N) is 4. The number of H-pyrrole nitrogens is 1. The lowest BCUT2D eigenvalue weighted by Crippen LogP contribution is -2.19. The smallest absolute Gasteiger partial charge is 0.266 e. The zero-order valence-electron chi connectivity index (χ0n) is 13.5. The monoisotopic (exact) mass is 314 g/mol. The van der Waals surface area contributed by atoms with Crippen molar-refractivity contribution >= 4 is 11.9 Å². The Hall–Kier alpha value is -2.95. The summed E-state index contributed by atoms with van der Waals surface area (Å²) >= 11 is 0. The van der Waals surface area contributed by atoms with Crippen LogP contribution in [0.2, 0.25) is 0 Å². The molecule has 0 radical (unpaired) electrons. The third-order valence-corrected chi connectivity index (χ3v) is 3.64. The summed E-state index contributed by atoms with van der Waals surface area (Å²) in [5.74, 6) is 0.762. The molecule has 2 N–H and O–H groups in total. The van der Waals surface area contributed by atoms with Gasteiger partial charge in [0, 0.05) is 19.2 Å². The van der Waals surface area contributed by atoms with E-state index in [0.717, 1.165) is 5.56 Å². The number of hydrogen-bond acceptors (Lipinski definition) is 5. The van der Waals surface area contributed by atoms with E-state index in [-0.39, 0.29) is 17.9 Å². The van der Waals surface area contributed by atoms with Crippen LogP contribution in [0.3, 0.4) is 0 Å². The second-order valence-corrected chi connectivity index (χ2v) is 5.32. The van der Waals surface area contributed by atoms with Crippen LogP contribution in [0.25, 0.3) is 0 Å². The third-order valence-electron chi connectivity index (χ3n) is 3.64. The summed E-state index contributed by atoms with van der Waals surface area (Å²) in [5.41, 5.74) is 1.80. The molecule has 0 aromatic carbocycles. The lowest BCUT2D eigenvalue weighted by molar-refractivity contribution is -0.116. The van der Waals surface area contributed by atoms with Crippen molar-refractivity contribution in [2.24, 2.45) is 7.05 Å². The zero-order chi connectivity index (χ0) is 17.1. The van der Waals surface area contributed by atoms with Crippen LogP contribution in [0, 0.1) is 32.1 Å². The maximum absolute atomic E-state index is 12.1. The molecule has 2 aromatic heterocycles. The Morgan fingerprint density at radius 1 is 1.39 bits per heavy atom. The molecule has 8 nitrogen and oxygen atoms in total. The van der Waals surface area contributed by atoms with Crippen molar-refractivity contribution in [1.82, 2.24) is 19.7 Å². The Morgan fingerprint density at radius 2 is 2.09 bits per heavy atom. The number of aryl methyl sites for hydroxylation is 3. The first-order chi connectivity index (χ1) is 10.8. The van der Waals surface area contributed by atoms with Gasteiger partial charge in [0.25, 0.3) is 5.56 Å². The standard InChI is InChI=1S/C15H18N6O2/c1-8-11(9(2)17-14(23)12(8)7-16)5-6-13(22)19-15-18-10(3)20-21(15)4/h5-6H2,1-4H3,(H,17,23)(H,18,19,20,22). The van der Waals surface area contributed by atoms with Gasteiger partial charge in [0.15, 0.2) is 0 Å². The van der Waals surface area contributed by atoms with E-state index in [1.807, 2.05) is 6.07 Å². The summed E-state index contributed by atoms with van der Waals surface area (Å²) in [6.07, 6.45) is 0.635. The normalized spacial score (nSPS) is 10.4. The van der Waals surface area contributed by atoms with Crippen LogP contribution in [0.15, 0.2) is 4.79 Å². The highest BCUT2D eigenvalue weighted by atomic mass is 16.1. The SMILES string of the molecule is Cc1nc(NC(=O)CCc2c(C)[nH]c(=O)c(C#N)c2C)n(C)n1. The van der Waals surface area contributed by atoms with Crippen molar-refractivity contribution in [2.45, 2.75) is 33.6 Å². The number of hydrogen-bond donors (Lipinski definition) is 2. The number of pyridine rings is 1. The van der Waals surface area contributed by atoms with Gasteiger partial charge in [-0.15, -0.1) is 0 Å². The van der Waals surface area contributed by atoms with E-state index >= 15 is 0 Å². The summed E-state index contributed by atoms with van der Waals surface area (Å²) in [6.45, 7) is 5.22. The number of carbonyl (C=O) groups is 1. The highest BCUT2D eigenvalue weighted by Crippen LogP contribution is 2.15. The van der Waals surface area contributed by atoms with E-state index in [2.05, 4.69) is 20.4 Å². The largest absolute Gasteiger partial charge is 0.325 e. The average molecular weight is 314 g/mol. The zero-order valence-corrected chi connectivity index (χ0v) is 13.5. The first-order valence-electron chi connectivity index (χ1n) is 7.13. The van der Waals surface area contributed by atoms with Crippen LogP contribution in [-0.4, -0.2) is 25.7 Å². The Bertz CT molecular complexity index is 856. The number of amides is 1. The predicted molar refractivity (Wildman–Crippen MR) is 83.9 cm³/mol. The quantitative estimate of drug-likeness (QED) is 0.868. The minimum atomic E-state index is -0.398. The number of aromatic amines is 1. The molecule has 0 saturated heterocycles. The highest BCUT2D eigenvalue weighted by molar-refractivity contribution is 5.89. The number of nitriles is 1. The van der Waals surface area contributed by atoms with Crippen molar-refractivity contribution in [1.29, 1.82) is 5.26 Å². The second-order valence-electron chi connectivity index (χ2n) is 5.32. The molecule has 0 aliphatic rings. The van der Waals surface area contributed by atoms with E-state index in [1.54, 1.807) is 27.8 Å². The van der Waals surface area contributed by atoms with E-state index < -0.39 is 5.56 Å². The fourth-order valence-corrected chi connectivity index (χ4v) is 2.47. The molecule has 0 atom stereocenters. The number of carbonyl (C=O) groups excluding carboxylic acids is 1. The van der Waals surface area contributed by atoms with Crippen LogP contribution >= 0.6 is 0 Å². The molecule has 0 unspecified atom stereocenters. The van der Waals surface area contributed by atoms with E-state index in [0.29, 0.717) is 29.5 Å². The van der Waals surface area contributed by atoms with E-state index in [1.165, 1.54) is 4.68 Å². The maximum Gasteiger partial charge on any atom is 0.266 e. The molecule has 0 aliphatic heterocycles. The minimum absolute atomic E-state index is 0.0925. The van der Waals surface area contributed by atoms with Crippen molar-refractivity contribution in [3.8, 4) is 6.07 Å². The molecule has 0 fully saturated rings. The van der Waals surface area contributed by atoms with E-state index in [9.17, 15) is 9.59 Å². The third kappa shape index (κ3) is 3.45. The Morgan fingerprint density at radius 3 is 2.65 bits per heavy atom. The molecule has 120 valence electrons. The van der Waals surface area contributed by atoms with Gasteiger partial charge >= 0.3 is 0 Å². The number of nitrogens with one attached hydrogen (secondary N) is 2. The second kappa shape index (κ2) is 6.44. The van der Waals surface area contributed by atoms with Gasteiger partial charge in [-0.2, -0.15) is 15.3 Å². The molecular weight excluding hydrogens is 296 g/mol. The van der Waals surface area contributed by atoms with Gasteiger partial charge in [0.1, 0.15) is 17.5 Å². The summed E-state index contributed by atoms with van der Waals surface area (Å²) in [4.78, 5) is 30.5. The van der Waals surface area contributed by atoms with Gasteiger partial charge in [0.2, 0.25) is 11.9 Å². The van der Waals surface area contributed by atoms with Gasteiger partial charge in [-0.25, -0.2) is 4.68 Å².